The molecule has 3 nitrogen and oxygen atoms in total. The summed E-state index contributed by atoms with van der Waals surface area (Å²) in [5, 5.41) is 2.75. The lowest BCUT2D eigenvalue weighted by molar-refractivity contribution is -0.117. The van der Waals surface area contributed by atoms with Crippen LogP contribution in [-0.2, 0) is 4.79 Å². The van der Waals surface area contributed by atoms with Crippen molar-refractivity contribution in [3.63, 3.8) is 0 Å². The molecule has 0 heterocycles. The number of nitrogens with one attached hydrogen (secondary N) is 1. The maximum Gasteiger partial charge on any atom is 0.227 e. The molecule has 2 unspecified atom stereocenters. The summed E-state index contributed by atoms with van der Waals surface area (Å²) in [4.78, 5) is 11.6. The molecule has 1 aromatic rings. The molecule has 1 amide bonds. The fourth-order valence-corrected chi connectivity index (χ4v) is 1.66. The van der Waals surface area contributed by atoms with E-state index >= 15 is 0 Å². The first kappa shape index (κ1) is 10.9. The Bertz CT molecular complexity index is 419. The van der Waals surface area contributed by atoms with Gasteiger partial charge in [-0.25, -0.2) is 4.39 Å². The van der Waals surface area contributed by atoms with Gasteiger partial charge in [0, 0.05) is 17.7 Å². The minimum absolute atomic E-state index is 0.00108. The van der Waals surface area contributed by atoms with Gasteiger partial charge in [-0.1, -0.05) is 6.92 Å². The van der Waals surface area contributed by atoms with E-state index in [2.05, 4.69) is 5.32 Å². The van der Waals surface area contributed by atoms with Crippen molar-refractivity contribution in [1.82, 2.24) is 0 Å². The predicted molar refractivity (Wildman–Crippen MR) is 58.9 cm³/mol. The fraction of sp³-hybridized carbons (Fsp3) is 0.417. The van der Waals surface area contributed by atoms with Crippen molar-refractivity contribution in [3.8, 4) is 5.75 Å². The SMILES string of the molecule is COc1cc(NC(=O)C2CC2C)ccc1F. The number of benzene rings is 1. The molecule has 2 atom stereocenters. The molecule has 86 valence electrons. The quantitative estimate of drug-likeness (QED) is 0.854. The molecule has 0 bridgehead atoms. The number of carbonyl (C=O) groups excluding carboxylic acids is 1. The minimum Gasteiger partial charge on any atom is -0.494 e. The molecular weight excluding hydrogens is 209 g/mol. The van der Waals surface area contributed by atoms with Crippen LogP contribution in [0.25, 0.3) is 0 Å². The van der Waals surface area contributed by atoms with Crippen molar-refractivity contribution in [2.75, 3.05) is 12.4 Å². The molecule has 0 saturated heterocycles. The van der Waals surface area contributed by atoms with Crippen LogP contribution < -0.4 is 10.1 Å². The Balaban J connectivity index is 2.07. The van der Waals surface area contributed by atoms with Gasteiger partial charge in [0.1, 0.15) is 0 Å². The third kappa shape index (κ3) is 2.15. The van der Waals surface area contributed by atoms with Crippen LogP contribution >= 0.6 is 0 Å². The van der Waals surface area contributed by atoms with Gasteiger partial charge in [0.2, 0.25) is 5.91 Å². The Hall–Kier alpha value is -1.58. The highest BCUT2D eigenvalue weighted by molar-refractivity contribution is 5.94. The first-order valence-electron chi connectivity index (χ1n) is 5.26. The average molecular weight is 223 g/mol. The average Bonchev–Trinajstić information content (AvgIpc) is 2.98. The molecule has 16 heavy (non-hydrogen) atoms. The Kier molecular flexibility index (Phi) is 2.81. The summed E-state index contributed by atoms with van der Waals surface area (Å²) in [6.07, 6.45) is 0.935. The van der Waals surface area contributed by atoms with Gasteiger partial charge in [-0.2, -0.15) is 0 Å². The van der Waals surface area contributed by atoms with Gasteiger partial charge in [0.15, 0.2) is 11.6 Å². The van der Waals surface area contributed by atoms with Crippen LogP contribution in [0.15, 0.2) is 18.2 Å². The summed E-state index contributed by atoms with van der Waals surface area (Å²) in [5.41, 5.74) is 0.572. The van der Waals surface area contributed by atoms with Crippen LogP contribution in [0.4, 0.5) is 10.1 Å². The highest BCUT2D eigenvalue weighted by atomic mass is 19.1. The molecule has 1 aromatic carbocycles. The van der Waals surface area contributed by atoms with Gasteiger partial charge in [-0.15, -0.1) is 0 Å². The number of halogens is 1. The van der Waals surface area contributed by atoms with Crippen LogP contribution in [0.3, 0.4) is 0 Å². The second-order valence-corrected chi connectivity index (χ2v) is 4.16. The molecule has 1 saturated carbocycles. The molecule has 0 radical (unpaired) electrons. The monoisotopic (exact) mass is 223 g/mol. The van der Waals surface area contributed by atoms with Crippen molar-refractivity contribution in [2.45, 2.75) is 13.3 Å². The summed E-state index contributed by atoms with van der Waals surface area (Å²) in [6, 6.07) is 4.30. The Morgan fingerprint density at radius 2 is 2.25 bits per heavy atom. The zero-order valence-corrected chi connectivity index (χ0v) is 9.29. The number of rotatable bonds is 3. The first-order chi connectivity index (χ1) is 7.61. The molecule has 4 heteroatoms. The maximum atomic E-state index is 13.1. The van der Waals surface area contributed by atoms with E-state index in [0.717, 1.165) is 6.42 Å². The summed E-state index contributed by atoms with van der Waals surface area (Å²) < 4.78 is 17.9. The van der Waals surface area contributed by atoms with Crippen LogP contribution in [0.2, 0.25) is 0 Å². The first-order valence-corrected chi connectivity index (χ1v) is 5.26. The summed E-state index contributed by atoms with van der Waals surface area (Å²) >= 11 is 0. The molecule has 2 rings (SSSR count). The van der Waals surface area contributed by atoms with E-state index in [4.69, 9.17) is 4.74 Å². The van der Waals surface area contributed by atoms with E-state index in [0.29, 0.717) is 11.6 Å². The molecular formula is C12H14FNO2. The minimum atomic E-state index is -0.430. The van der Waals surface area contributed by atoms with Crippen molar-refractivity contribution in [3.05, 3.63) is 24.0 Å². The van der Waals surface area contributed by atoms with E-state index in [1.807, 2.05) is 6.92 Å². The number of ether oxygens (including phenoxy) is 1. The zero-order chi connectivity index (χ0) is 11.7. The van der Waals surface area contributed by atoms with Gasteiger partial charge in [0.25, 0.3) is 0 Å². The molecule has 1 fully saturated rings. The summed E-state index contributed by atoms with van der Waals surface area (Å²) in [7, 11) is 1.40. The summed E-state index contributed by atoms with van der Waals surface area (Å²) in [6.45, 7) is 2.04. The molecule has 0 spiro atoms. The number of carbonyl (C=O) groups is 1. The van der Waals surface area contributed by atoms with E-state index in [1.165, 1.54) is 25.3 Å². The van der Waals surface area contributed by atoms with Crippen molar-refractivity contribution in [2.24, 2.45) is 11.8 Å². The predicted octanol–water partition coefficient (Wildman–Crippen LogP) is 2.43. The van der Waals surface area contributed by atoms with Gasteiger partial charge in [-0.05, 0) is 24.5 Å². The van der Waals surface area contributed by atoms with Crippen LogP contribution in [0.5, 0.6) is 5.75 Å². The molecule has 1 aliphatic carbocycles. The topological polar surface area (TPSA) is 38.3 Å². The van der Waals surface area contributed by atoms with Gasteiger partial charge >= 0.3 is 0 Å². The second-order valence-electron chi connectivity index (χ2n) is 4.16. The highest BCUT2D eigenvalue weighted by Gasteiger charge is 2.39. The number of methoxy groups -OCH3 is 1. The van der Waals surface area contributed by atoms with Crippen molar-refractivity contribution < 1.29 is 13.9 Å². The standard InChI is InChI=1S/C12H14FNO2/c1-7-5-9(7)12(15)14-8-3-4-10(13)11(6-8)16-2/h3-4,6-7,9H,5H2,1-2H3,(H,14,15). The van der Waals surface area contributed by atoms with Crippen LogP contribution in [0.1, 0.15) is 13.3 Å². The largest absolute Gasteiger partial charge is 0.494 e. The molecule has 1 N–H and O–H groups in total. The molecule has 0 aromatic heterocycles. The fourth-order valence-electron chi connectivity index (χ4n) is 1.66. The van der Waals surface area contributed by atoms with Gasteiger partial charge in [0.05, 0.1) is 7.11 Å². The number of amides is 1. The Morgan fingerprint density at radius 1 is 1.56 bits per heavy atom. The lowest BCUT2D eigenvalue weighted by atomic mass is 10.2. The molecule has 0 aliphatic heterocycles. The van der Waals surface area contributed by atoms with Crippen LogP contribution in [0, 0.1) is 17.7 Å². The van der Waals surface area contributed by atoms with E-state index in [1.54, 1.807) is 0 Å². The van der Waals surface area contributed by atoms with Crippen molar-refractivity contribution in [1.29, 1.82) is 0 Å². The van der Waals surface area contributed by atoms with E-state index < -0.39 is 5.82 Å². The highest BCUT2D eigenvalue weighted by Crippen LogP contribution is 2.38. The van der Waals surface area contributed by atoms with Crippen molar-refractivity contribution >= 4 is 11.6 Å². The lowest BCUT2D eigenvalue weighted by Crippen LogP contribution is -2.14. The lowest BCUT2D eigenvalue weighted by Gasteiger charge is -2.07. The third-order valence-corrected chi connectivity index (χ3v) is 2.86. The zero-order valence-electron chi connectivity index (χ0n) is 9.29. The number of hydrogen-bond acceptors (Lipinski definition) is 2. The number of hydrogen-bond donors (Lipinski definition) is 1. The third-order valence-electron chi connectivity index (χ3n) is 2.86. The number of anilines is 1. The molecule has 1 aliphatic rings. The second kappa shape index (κ2) is 4.12. The van der Waals surface area contributed by atoms with E-state index in [9.17, 15) is 9.18 Å². The Morgan fingerprint density at radius 3 is 2.81 bits per heavy atom. The van der Waals surface area contributed by atoms with Gasteiger partial charge < -0.3 is 10.1 Å². The normalized spacial score (nSPS) is 22.7. The summed E-state index contributed by atoms with van der Waals surface area (Å²) in [5.74, 6) is 0.279. The van der Waals surface area contributed by atoms with E-state index in [-0.39, 0.29) is 17.6 Å². The van der Waals surface area contributed by atoms with Crippen LogP contribution in [-0.4, -0.2) is 13.0 Å². The van der Waals surface area contributed by atoms with Gasteiger partial charge in [-0.3, -0.25) is 4.79 Å². The Labute approximate surface area is 93.6 Å². The maximum absolute atomic E-state index is 13.1. The smallest absolute Gasteiger partial charge is 0.227 e.